The number of unbranched alkanes of at least 4 members (excludes halogenated alkanes) is 1. The van der Waals surface area contributed by atoms with Crippen LogP contribution in [0.4, 0.5) is 0 Å². The zero-order valence-corrected chi connectivity index (χ0v) is 18.6. The van der Waals surface area contributed by atoms with Crippen LogP contribution in [-0.2, 0) is 4.79 Å². The molecule has 0 saturated carbocycles. The number of azo groups is 1. The molecule has 5 nitrogen and oxygen atoms in total. The van der Waals surface area contributed by atoms with E-state index in [4.69, 9.17) is 14.8 Å². The third kappa shape index (κ3) is 4.67. The van der Waals surface area contributed by atoms with E-state index in [1.54, 1.807) is 18.2 Å². The number of amidine groups is 1. The molecule has 7 heteroatoms. The Balaban J connectivity index is 2.06. The normalized spacial score (nSPS) is 15.5. The van der Waals surface area contributed by atoms with E-state index in [1.807, 2.05) is 32.0 Å². The molecule has 0 atom stereocenters. The number of benzene rings is 2. The quantitative estimate of drug-likeness (QED) is 0.212. The average Bonchev–Trinajstić information content (AvgIpc) is 2.70. The molecule has 2 aromatic rings. The monoisotopic (exact) mass is 509 g/mol. The van der Waals surface area contributed by atoms with Crippen molar-refractivity contribution in [3.05, 3.63) is 73.8 Å². The Hall–Kier alpha value is -2.06. The summed E-state index contributed by atoms with van der Waals surface area (Å²) in [5.74, 6) is -0.457. The van der Waals surface area contributed by atoms with Gasteiger partial charge >= 0.3 is 177 Å². The number of carbonyl (C=O) groups is 1. The van der Waals surface area contributed by atoms with Crippen molar-refractivity contribution in [1.29, 1.82) is 0 Å². The van der Waals surface area contributed by atoms with E-state index in [-0.39, 0.29) is 5.57 Å². The third-order valence-electron chi connectivity index (χ3n) is 4.21. The average molecular weight is 510 g/mol. The summed E-state index contributed by atoms with van der Waals surface area (Å²) in [4.78, 5) is 11.8. The van der Waals surface area contributed by atoms with Crippen LogP contribution in [0.5, 0.6) is 0 Å². The standard InChI is InChI=1S/C21H21ClIN3O2/c1-3-4-10-16(21(27)28)17-12-18(19(22)11-14(17)2)20-25-23(13-24-26-20)15-8-6-5-7-9-15/h5-12H,3-4,13H2,1-2H3,(H,27,28)/b16-10+. The number of alkyl halides is 1. The van der Waals surface area contributed by atoms with Crippen molar-refractivity contribution in [2.24, 2.45) is 13.4 Å². The molecule has 0 unspecified atom stereocenters. The van der Waals surface area contributed by atoms with Crippen molar-refractivity contribution >= 4 is 49.1 Å². The fourth-order valence-electron chi connectivity index (χ4n) is 2.80. The summed E-state index contributed by atoms with van der Waals surface area (Å²) in [6.07, 6.45) is 3.33. The number of aliphatic carboxylic acids is 1. The molecule has 1 aliphatic heterocycles. The number of carboxylic acids is 1. The Labute approximate surface area is 177 Å². The second-order valence-corrected chi connectivity index (χ2v) is 11.0. The number of nitrogens with zero attached hydrogens (tertiary/aromatic N) is 3. The molecule has 0 spiro atoms. The first-order valence-electron chi connectivity index (χ1n) is 8.92. The molecule has 0 fully saturated rings. The van der Waals surface area contributed by atoms with Crippen LogP contribution in [0.3, 0.4) is 0 Å². The van der Waals surface area contributed by atoms with E-state index in [0.29, 0.717) is 33.0 Å². The predicted octanol–water partition coefficient (Wildman–Crippen LogP) is 6.38. The van der Waals surface area contributed by atoms with Crippen LogP contribution in [0.25, 0.3) is 5.57 Å². The number of rotatable bonds is 6. The van der Waals surface area contributed by atoms with E-state index in [0.717, 1.165) is 12.0 Å². The molecule has 146 valence electrons. The number of carboxylic acid groups (broad SMARTS) is 1. The minimum absolute atomic E-state index is 0.282. The fraction of sp³-hybridized carbons (Fsp3) is 0.238. The fourth-order valence-corrected chi connectivity index (χ4v) is 6.52. The number of hydrogen-bond acceptors (Lipinski definition) is 4. The van der Waals surface area contributed by atoms with Crippen LogP contribution in [-0.4, -0.2) is 21.5 Å². The molecule has 1 N–H and O–H groups in total. The number of hydrogen-bond donors (Lipinski definition) is 1. The van der Waals surface area contributed by atoms with E-state index in [1.165, 1.54) is 3.57 Å². The van der Waals surface area contributed by atoms with Crippen molar-refractivity contribution in [3.63, 3.8) is 0 Å². The van der Waals surface area contributed by atoms with Gasteiger partial charge in [-0.25, -0.2) is 0 Å². The second-order valence-electron chi connectivity index (χ2n) is 6.26. The summed E-state index contributed by atoms with van der Waals surface area (Å²) in [6.45, 7) is 3.88. The zero-order chi connectivity index (χ0) is 20.1. The predicted molar refractivity (Wildman–Crippen MR) is 122 cm³/mol. The first-order valence-corrected chi connectivity index (χ1v) is 12.9. The minimum atomic E-state index is -1.88. The topological polar surface area (TPSA) is 74.4 Å². The van der Waals surface area contributed by atoms with E-state index in [2.05, 4.69) is 22.4 Å². The molecule has 0 saturated heterocycles. The van der Waals surface area contributed by atoms with Gasteiger partial charge in [0, 0.05) is 0 Å². The Morgan fingerprint density at radius 3 is 2.71 bits per heavy atom. The van der Waals surface area contributed by atoms with Gasteiger partial charge in [0.05, 0.1) is 0 Å². The molecule has 0 bridgehead atoms. The van der Waals surface area contributed by atoms with E-state index >= 15 is 0 Å². The number of allylic oxidation sites excluding steroid dienone is 1. The van der Waals surface area contributed by atoms with Crippen LogP contribution < -0.4 is 0 Å². The van der Waals surface area contributed by atoms with Gasteiger partial charge in [0.1, 0.15) is 0 Å². The molecule has 2 aromatic carbocycles. The molecule has 1 aliphatic rings. The van der Waals surface area contributed by atoms with Crippen molar-refractivity contribution in [2.45, 2.75) is 26.7 Å². The number of halogens is 2. The van der Waals surface area contributed by atoms with Gasteiger partial charge in [0.2, 0.25) is 0 Å². The summed E-state index contributed by atoms with van der Waals surface area (Å²) in [5, 5.41) is 18.7. The van der Waals surface area contributed by atoms with Gasteiger partial charge in [0.15, 0.2) is 0 Å². The van der Waals surface area contributed by atoms with Gasteiger partial charge in [-0.1, -0.05) is 0 Å². The van der Waals surface area contributed by atoms with Crippen molar-refractivity contribution in [2.75, 3.05) is 4.55 Å². The molecule has 28 heavy (non-hydrogen) atoms. The molecule has 0 amide bonds. The summed E-state index contributed by atoms with van der Waals surface area (Å²) in [6, 6.07) is 13.7. The number of aryl methyl sites for hydroxylation is 1. The Kier molecular flexibility index (Phi) is 6.96. The Bertz CT molecular complexity index is 971. The first-order chi connectivity index (χ1) is 13.5. The Morgan fingerprint density at radius 1 is 1.29 bits per heavy atom. The summed E-state index contributed by atoms with van der Waals surface area (Å²) in [5.41, 5.74) is 2.37. The van der Waals surface area contributed by atoms with Gasteiger partial charge in [-0.2, -0.15) is 0 Å². The molecule has 1 heterocycles. The first kappa shape index (κ1) is 20.7. The zero-order valence-electron chi connectivity index (χ0n) is 15.7. The summed E-state index contributed by atoms with van der Waals surface area (Å²) < 4.78 is 6.72. The van der Waals surface area contributed by atoms with E-state index in [9.17, 15) is 9.90 Å². The van der Waals surface area contributed by atoms with Crippen LogP contribution in [0.1, 0.15) is 36.5 Å². The van der Waals surface area contributed by atoms with Crippen molar-refractivity contribution in [1.82, 2.24) is 0 Å². The van der Waals surface area contributed by atoms with Crippen molar-refractivity contribution < 1.29 is 9.90 Å². The summed E-state index contributed by atoms with van der Waals surface area (Å²) >= 11 is 4.60. The SMILES string of the molecule is CCC/C=C(/C(=O)O)c1cc(C2=NI(c3ccccc3)CN=N2)c(Cl)cc1C. The van der Waals surface area contributed by atoms with Crippen LogP contribution >= 0.6 is 31.7 Å². The van der Waals surface area contributed by atoms with Gasteiger partial charge < -0.3 is 0 Å². The molecule has 3 rings (SSSR count). The van der Waals surface area contributed by atoms with Crippen molar-refractivity contribution in [3.8, 4) is 0 Å². The van der Waals surface area contributed by atoms with Crippen LogP contribution in [0, 0.1) is 10.5 Å². The molecular formula is C21H21ClIN3O2. The molecule has 0 aromatic heterocycles. The van der Waals surface area contributed by atoms with Gasteiger partial charge in [-0.15, -0.1) is 0 Å². The van der Waals surface area contributed by atoms with Crippen LogP contribution in [0.2, 0.25) is 5.02 Å². The maximum atomic E-state index is 11.8. The second kappa shape index (κ2) is 9.43. The van der Waals surface area contributed by atoms with E-state index < -0.39 is 26.1 Å². The summed E-state index contributed by atoms with van der Waals surface area (Å²) in [7, 11) is 0. The van der Waals surface area contributed by atoms with Gasteiger partial charge in [0.25, 0.3) is 0 Å². The maximum absolute atomic E-state index is 11.8. The van der Waals surface area contributed by atoms with Gasteiger partial charge in [-0.3, -0.25) is 0 Å². The van der Waals surface area contributed by atoms with Gasteiger partial charge in [-0.05, 0) is 0 Å². The molecule has 0 aliphatic carbocycles. The molecule has 0 radical (unpaired) electrons. The third-order valence-corrected chi connectivity index (χ3v) is 8.67. The molecular weight excluding hydrogens is 489 g/mol. The Morgan fingerprint density at radius 2 is 2.04 bits per heavy atom. The van der Waals surface area contributed by atoms with Crippen LogP contribution in [0.15, 0.2) is 62.0 Å².